The van der Waals surface area contributed by atoms with Gasteiger partial charge in [0.15, 0.2) is 0 Å². The van der Waals surface area contributed by atoms with Crippen LogP contribution < -0.4 is 5.73 Å². The van der Waals surface area contributed by atoms with Gasteiger partial charge in [-0.15, -0.1) is 11.3 Å². The third kappa shape index (κ3) is 2.32. The average molecular weight is 309 g/mol. The minimum Gasteiger partial charge on any atom is -0.336 e. The highest BCUT2D eigenvalue weighted by molar-refractivity contribution is 7.21. The van der Waals surface area contributed by atoms with Gasteiger partial charge in [-0.05, 0) is 24.5 Å². The summed E-state index contributed by atoms with van der Waals surface area (Å²) in [5, 5.41) is 1.55. The van der Waals surface area contributed by atoms with Gasteiger partial charge in [-0.1, -0.05) is 30.7 Å². The molecule has 2 heterocycles. The predicted octanol–water partition coefficient (Wildman–Crippen LogP) is 3.29. The van der Waals surface area contributed by atoms with Crippen molar-refractivity contribution in [2.45, 2.75) is 25.8 Å². The summed E-state index contributed by atoms with van der Waals surface area (Å²) in [7, 11) is 0. The number of carbonyl (C=O) groups excluding carboxylic acids is 1. The summed E-state index contributed by atoms with van der Waals surface area (Å²) >= 11 is 7.88. The van der Waals surface area contributed by atoms with Crippen molar-refractivity contribution in [3.63, 3.8) is 0 Å². The SMILES string of the molecule is CCc1ccc2c(Cl)c(C(=O)N3CC[C@@H](N)C3)sc2c1. The number of amides is 1. The molecule has 3 nitrogen and oxygen atoms in total. The lowest BCUT2D eigenvalue weighted by molar-refractivity contribution is 0.0796. The van der Waals surface area contributed by atoms with Gasteiger partial charge in [0, 0.05) is 29.2 Å². The van der Waals surface area contributed by atoms with Crippen LogP contribution in [0, 0.1) is 0 Å². The number of fused-ring (bicyclic) bond motifs is 1. The molecular formula is C15H17ClN2OS. The molecule has 0 bridgehead atoms. The van der Waals surface area contributed by atoms with Crippen molar-refractivity contribution in [3.8, 4) is 0 Å². The van der Waals surface area contributed by atoms with Gasteiger partial charge in [-0.2, -0.15) is 0 Å². The number of hydrogen-bond donors (Lipinski definition) is 1. The summed E-state index contributed by atoms with van der Waals surface area (Å²) in [6.45, 7) is 3.47. The van der Waals surface area contributed by atoms with E-state index in [1.807, 2.05) is 11.0 Å². The molecule has 1 aliphatic rings. The third-order valence-electron chi connectivity index (χ3n) is 3.81. The molecule has 0 radical (unpaired) electrons. The molecule has 0 spiro atoms. The second-order valence-electron chi connectivity index (χ2n) is 5.23. The molecule has 3 rings (SSSR count). The largest absolute Gasteiger partial charge is 0.336 e. The highest BCUT2D eigenvalue weighted by atomic mass is 35.5. The Morgan fingerprint density at radius 1 is 1.55 bits per heavy atom. The van der Waals surface area contributed by atoms with E-state index >= 15 is 0 Å². The Kier molecular flexibility index (Phi) is 3.71. The van der Waals surface area contributed by atoms with Gasteiger partial charge in [0.25, 0.3) is 5.91 Å². The molecule has 1 atom stereocenters. The number of benzene rings is 1. The summed E-state index contributed by atoms with van der Waals surface area (Å²) < 4.78 is 1.08. The first-order valence-electron chi connectivity index (χ1n) is 6.86. The minimum absolute atomic E-state index is 0.0159. The smallest absolute Gasteiger partial charge is 0.265 e. The Hall–Kier alpha value is -1.10. The first-order chi connectivity index (χ1) is 9.60. The van der Waals surface area contributed by atoms with E-state index in [-0.39, 0.29) is 11.9 Å². The zero-order chi connectivity index (χ0) is 14.3. The summed E-state index contributed by atoms with van der Waals surface area (Å²) in [6, 6.07) is 6.30. The first kappa shape index (κ1) is 13.9. The fourth-order valence-corrected chi connectivity index (χ4v) is 4.13. The number of nitrogens with two attached hydrogens (primary N) is 1. The number of aryl methyl sites for hydroxylation is 1. The molecule has 0 saturated carbocycles. The number of nitrogens with zero attached hydrogens (tertiary/aromatic N) is 1. The van der Waals surface area contributed by atoms with Crippen molar-refractivity contribution < 1.29 is 4.79 Å². The lowest BCUT2D eigenvalue weighted by Gasteiger charge is -2.14. The van der Waals surface area contributed by atoms with Crippen molar-refractivity contribution in [2.24, 2.45) is 5.73 Å². The van der Waals surface area contributed by atoms with E-state index in [2.05, 4.69) is 19.1 Å². The van der Waals surface area contributed by atoms with Gasteiger partial charge < -0.3 is 10.6 Å². The lowest BCUT2D eigenvalue weighted by Crippen LogP contribution is -2.31. The van der Waals surface area contributed by atoms with E-state index < -0.39 is 0 Å². The van der Waals surface area contributed by atoms with Gasteiger partial charge >= 0.3 is 0 Å². The zero-order valence-electron chi connectivity index (χ0n) is 11.4. The highest BCUT2D eigenvalue weighted by Crippen LogP contribution is 2.37. The lowest BCUT2D eigenvalue weighted by atomic mass is 10.1. The normalized spacial score (nSPS) is 18.9. The van der Waals surface area contributed by atoms with E-state index in [4.69, 9.17) is 17.3 Å². The molecule has 1 aromatic carbocycles. The summed E-state index contributed by atoms with van der Waals surface area (Å²) in [5.41, 5.74) is 7.13. The second kappa shape index (κ2) is 5.35. The second-order valence-corrected chi connectivity index (χ2v) is 6.66. The molecular weight excluding hydrogens is 292 g/mol. The molecule has 1 saturated heterocycles. The average Bonchev–Trinajstić information content (AvgIpc) is 3.02. The van der Waals surface area contributed by atoms with Crippen LogP contribution in [0.3, 0.4) is 0 Å². The zero-order valence-corrected chi connectivity index (χ0v) is 12.9. The van der Waals surface area contributed by atoms with Crippen molar-refractivity contribution in [1.29, 1.82) is 0 Å². The molecule has 0 unspecified atom stereocenters. The quantitative estimate of drug-likeness (QED) is 0.925. The van der Waals surface area contributed by atoms with Crippen LogP contribution in [-0.4, -0.2) is 29.9 Å². The highest BCUT2D eigenvalue weighted by Gasteiger charge is 2.27. The fourth-order valence-electron chi connectivity index (χ4n) is 2.58. The standard InChI is InChI=1S/C15H17ClN2OS/c1-2-9-3-4-11-12(7-9)20-14(13(11)16)15(19)18-6-5-10(17)8-18/h3-4,7,10H,2,5-6,8,17H2,1H3/t10-/m1/s1. The van der Waals surface area contributed by atoms with Crippen LogP contribution in [0.5, 0.6) is 0 Å². The molecule has 1 aliphatic heterocycles. The molecule has 1 aromatic heterocycles. The maximum absolute atomic E-state index is 12.5. The van der Waals surface area contributed by atoms with Crippen LogP contribution in [0.4, 0.5) is 0 Å². The van der Waals surface area contributed by atoms with E-state index in [0.29, 0.717) is 16.4 Å². The van der Waals surface area contributed by atoms with E-state index in [1.54, 1.807) is 0 Å². The van der Waals surface area contributed by atoms with E-state index in [9.17, 15) is 4.79 Å². The van der Waals surface area contributed by atoms with Crippen molar-refractivity contribution in [1.82, 2.24) is 4.90 Å². The number of halogens is 1. The molecule has 1 fully saturated rings. The molecule has 0 aliphatic carbocycles. The van der Waals surface area contributed by atoms with E-state index in [0.717, 1.165) is 29.5 Å². The van der Waals surface area contributed by atoms with Gasteiger partial charge in [-0.25, -0.2) is 0 Å². The Morgan fingerprint density at radius 2 is 2.35 bits per heavy atom. The summed E-state index contributed by atoms with van der Waals surface area (Å²) in [5.74, 6) is 0.0159. The Morgan fingerprint density at radius 3 is 3.00 bits per heavy atom. The maximum atomic E-state index is 12.5. The molecule has 106 valence electrons. The van der Waals surface area contributed by atoms with Crippen molar-refractivity contribution >= 4 is 38.9 Å². The number of rotatable bonds is 2. The number of carbonyl (C=O) groups is 1. The minimum atomic E-state index is 0.0159. The van der Waals surface area contributed by atoms with Crippen LogP contribution in [0.25, 0.3) is 10.1 Å². The number of hydrogen-bond acceptors (Lipinski definition) is 3. The molecule has 1 amide bonds. The van der Waals surface area contributed by atoms with Crippen LogP contribution >= 0.6 is 22.9 Å². The third-order valence-corrected chi connectivity index (χ3v) is 5.45. The first-order valence-corrected chi connectivity index (χ1v) is 8.05. The summed E-state index contributed by atoms with van der Waals surface area (Å²) in [6.07, 6.45) is 1.85. The van der Waals surface area contributed by atoms with Crippen LogP contribution in [0.1, 0.15) is 28.6 Å². The predicted molar refractivity (Wildman–Crippen MR) is 84.7 cm³/mol. The van der Waals surface area contributed by atoms with Gasteiger partial charge in [-0.3, -0.25) is 4.79 Å². The number of likely N-dealkylation sites (tertiary alicyclic amines) is 1. The monoisotopic (exact) mass is 308 g/mol. The molecule has 5 heteroatoms. The number of thiophene rings is 1. The Bertz CT molecular complexity index is 667. The van der Waals surface area contributed by atoms with Crippen LogP contribution in [-0.2, 0) is 6.42 Å². The van der Waals surface area contributed by atoms with Gasteiger partial charge in [0.05, 0.1) is 5.02 Å². The molecule has 2 aromatic rings. The van der Waals surface area contributed by atoms with Crippen molar-refractivity contribution in [2.75, 3.05) is 13.1 Å². The molecule has 2 N–H and O–H groups in total. The maximum Gasteiger partial charge on any atom is 0.265 e. The topological polar surface area (TPSA) is 46.3 Å². The Labute approximate surface area is 127 Å². The van der Waals surface area contributed by atoms with Crippen molar-refractivity contribution in [3.05, 3.63) is 33.7 Å². The van der Waals surface area contributed by atoms with Crippen LogP contribution in [0.15, 0.2) is 18.2 Å². The molecule has 20 heavy (non-hydrogen) atoms. The van der Waals surface area contributed by atoms with Gasteiger partial charge in [0.2, 0.25) is 0 Å². The summed E-state index contributed by atoms with van der Waals surface area (Å²) in [4.78, 5) is 15.0. The van der Waals surface area contributed by atoms with Gasteiger partial charge in [0.1, 0.15) is 4.88 Å². The fraction of sp³-hybridized carbons (Fsp3) is 0.400. The Balaban J connectivity index is 1.99. The van der Waals surface area contributed by atoms with Crippen LogP contribution in [0.2, 0.25) is 5.02 Å². The van der Waals surface area contributed by atoms with E-state index in [1.165, 1.54) is 16.9 Å².